The van der Waals surface area contributed by atoms with Gasteiger partial charge in [0.15, 0.2) is 0 Å². The SMILES string of the molecule is COC(=O)[C@@H](N)CCCCNC(=O)C(C)NCCS. The molecule has 0 aliphatic heterocycles. The molecule has 112 valence electrons. The number of amides is 1. The Bertz CT molecular complexity index is 277. The van der Waals surface area contributed by atoms with Crippen molar-refractivity contribution in [2.75, 3.05) is 26.0 Å². The van der Waals surface area contributed by atoms with Gasteiger partial charge >= 0.3 is 5.97 Å². The summed E-state index contributed by atoms with van der Waals surface area (Å²) >= 11 is 4.06. The molecule has 19 heavy (non-hydrogen) atoms. The second-order valence-electron chi connectivity index (χ2n) is 4.32. The largest absolute Gasteiger partial charge is 0.468 e. The zero-order valence-electron chi connectivity index (χ0n) is 11.6. The first-order valence-electron chi connectivity index (χ1n) is 6.48. The van der Waals surface area contributed by atoms with Gasteiger partial charge < -0.3 is 21.1 Å². The van der Waals surface area contributed by atoms with E-state index in [2.05, 4.69) is 28.0 Å². The van der Waals surface area contributed by atoms with Gasteiger partial charge in [-0.2, -0.15) is 12.6 Å². The Balaban J connectivity index is 3.58. The highest BCUT2D eigenvalue weighted by molar-refractivity contribution is 7.80. The van der Waals surface area contributed by atoms with E-state index in [1.165, 1.54) is 7.11 Å². The third kappa shape index (κ3) is 8.85. The van der Waals surface area contributed by atoms with E-state index in [1.54, 1.807) is 0 Å². The van der Waals surface area contributed by atoms with Gasteiger partial charge in [-0.05, 0) is 26.2 Å². The topological polar surface area (TPSA) is 93.4 Å². The van der Waals surface area contributed by atoms with E-state index in [4.69, 9.17) is 5.73 Å². The minimum atomic E-state index is -0.573. The highest BCUT2D eigenvalue weighted by atomic mass is 32.1. The molecule has 0 saturated carbocycles. The normalized spacial score (nSPS) is 13.7. The number of hydrogen-bond donors (Lipinski definition) is 4. The van der Waals surface area contributed by atoms with Crippen molar-refractivity contribution in [2.45, 2.75) is 38.3 Å². The van der Waals surface area contributed by atoms with Gasteiger partial charge in [-0.3, -0.25) is 9.59 Å². The lowest BCUT2D eigenvalue weighted by molar-refractivity contribution is -0.142. The average molecular weight is 291 g/mol. The van der Waals surface area contributed by atoms with Crippen molar-refractivity contribution >= 4 is 24.5 Å². The molecular weight excluding hydrogens is 266 g/mol. The van der Waals surface area contributed by atoms with E-state index in [9.17, 15) is 9.59 Å². The Morgan fingerprint density at radius 2 is 2.00 bits per heavy atom. The summed E-state index contributed by atoms with van der Waals surface area (Å²) in [5.74, 6) is 0.274. The van der Waals surface area contributed by atoms with Crippen LogP contribution in [0.3, 0.4) is 0 Å². The number of nitrogens with two attached hydrogens (primary N) is 1. The lowest BCUT2D eigenvalue weighted by Crippen LogP contribution is -2.43. The van der Waals surface area contributed by atoms with Crippen LogP contribution in [0.4, 0.5) is 0 Å². The predicted molar refractivity (Wildman–Crippen MR) is 78.2 cm³/mol. The van der Waals surface area contributed by atoms with E-state index in [0.717, 1.165) is 12.8 Å². The molecule has 0 bridgehead atoms. The first-order valence-corrected chi connectivity index (χ1v) is 7.11. The second-order valence-corrected chi connectivity index (χ2v) is 4.76. The molecule has 0 heterocycles. The fraction of sp³-hybridized carbons (Fsp3) is 0.833. The van der Waals surface area contributed by atoms with Gasteiger partial charge in [-0.25, -0.2) is 0 Å². The molecule has 4 N–H and O–H groups in total. The van der Waals surface area contributed by atoms with Crippen molar-refractivity contribution in [1.29, 1.82) is 0 Å². The highest BCUT2D eigenvalue weighted by Crippen LogP contribution is 1.99. The third-order valence-electron chi connectivity index (χ3n) is 2.70. The molecule has 0 rings (SSSR count). The van der Waals surface area contributed by atoms with E-state index >= 15 is 0 Å². The van der Waals surface area contributed by atoms with Crippen LogP contribution in [0.25, 0.3) is 0 Å². The van der Waals surface area contributed by atoms with Gasteiger partial charge in [-0.1, -0.05) is 0 Å². The fourth-order valence-electron chi connectivity index (χ4n) is 1.50. The summed E-state index contributed by atoms with van der Waals surface area (Å²) < 4.78 is 4.53. The number of hydrogen-bond acceptors (Lipinski definition) is 6. The van der Waals surface area contributed by atoms with Crippen molar-refractivity contribution in [1.82, 2.24) is 10.6 Å². The zero-order valence-corrected chi connectivity index (χ0v) is 12.5. The van der Waals surface area contributed by atoms with Crippen LogP contribution in [-0.2, 0) is 14.3 Å². The maximum atomic E-state index is 11.6. The second kappa shape index (κ2) is 11.1. The summed E-state index contributed by atoms with van der Waals surface area (Å²) in [6, 6.07) is -0.791. The summed E-state index contributed by atoms with van der Waals surface area (Å²) in [5.41, 5.74) is 5.59. The molecule has 0 aromatic carbocycles. The molecule has 6 nitrogen and oxygen atoms in total. The molecule has 1 amide bonds. The smallest absolute Gasteiger partial charge is 0.322 e. The fourth-order valence-corrected chi connectivity index (χ4v) is 1.63. The number of carbonyl (C=O) groups excluding carboxylic acids is 2. The molecule has 7 heteroatoms. The first kappa shape index (κ1) is 18.2. The van der Waals surface area contributed by atoms with Crippen LogP contribution < -0.4 is 16.4 Å². The third-order valence-corrected chi connectivity index (χ3v) is 2.92. The maximum Gasteiger partial charge on any atom is 0.322 e. The van der Waals surface area contributed by atoms with E-state index in [1.807, 2.05) is 6.92 Å². The molecule has 0 radical (unpaired) electrons. The van der Waals surface area contributed by atoms with Crippen LogP contribution >= 0.6 is 12.6 Å². The van der Waals surface area contributed by atoms with Crippen LogP contribution in [0, 0.1) is 0 Å². The molecular formula is C12H25N3O3S. The maximum absolute atomic E-state index is 11.6. The van der Waals surface area contributed by atoms with Crippen LogP contribution in [0.5, 0.6) is 0 Å². The number of esters is 1. The van der Waals surface area contributed by atoms with Crippen molar-refractivity contribution in [3.05, 3.63) is 0 Å². The van der Waals surface area contributed by atoms with Gasteiger partial charge in [0, 0.05) is 18.8 Å². The molecule has 0 aliphatic rings. The summed E-state index contributed by atoms with van der Waals surface area (Å²) in [4.78, 5) is 22.6. The number of methoxy groups -OCH3 is 1. The highest BCUT2D eigenvalue weighted by Gasteiger charge is 2.13. The molecule has 0 aromatic heterocycles. The minimum absolute atomic E-state index is 0.0287. The Labute approximate surface area is 120 Å². The van der Waals surface area contributed by atoms with Crippen molar-refractivity contribution < 1.29 is 14.3 Å². The number of ether oxygens (including phenoxy) is 1. The minimum Gasteiger partial charge on any atom is -0.468 e. The van der Waals surface area contributed by atoms with Crippen molar-refractivity contribution in [2.24, 2.45) is 5.73 Å². The molecule has 0 spiro atoms. The van der Waals surface area contributed by atoms with E-state index < -0.39 is 12.0 Å². The molecule has 2 atom stereocenters. The van der Waals surface area contributed by atoms with E-state index in [-0.39, 0.29) is 11.9 Å². The molecule has 0 saturated heterocycles. The van der Waals surface area contributed by atoms with Crippen LogP contribution in [0.15, 0.2) is 0 Å². The summed E-state index contributed by atoms with van der Waals surface area (Å²) in [7, 11) is 1.32. The quantitative estimate of drug-likeness (QED) is 0.251. The van der Waals surface area contributed by atoms with E-state index in [0.29, 0.717) is 25.3 Å². The number of nitrogens with one attached hydrogen (secondary N) is 2. The molecule has 0 aromatic rings. The van der Waals surface area contributed by atoms with Crippen molar-refractivity contribution in [3.8, 4) is 0 Å². The molecule has 0 aliphatic carbocycles. The van der Waals surface area contributed by atoms with Gasteiger partial charge in [0.25, 0.3) is 0 Å². The number of rotatable bonds is 10. The number of unbranched alkanes of at least 4 members (excludes halogenated alkanes) is 1. The van der Waals surface area contributed by atoms with Gasteiger partial charge in [0.2, 0.25) is 5.91 Å². The molecule has 1 unspecified atom stereocenters. The number of carbonyl (C=O) groups is 2. The summed E-state index contributed by atoms with van der Waals surface area (Å²) in [5, 5.41) is 5.87. The lowest BCUT2D eigenvalue weighted by atomic mass is 10.1. The van der Waals surface area contributed by atoms with Gasteiger partial charge in [-0.15, -0.1) is 0 Å². The summed E-state index contributed by atoms with van der Waals surface area (Å²) in [6.07, 6.45) is 2.13. The zero-order chi connectivity index (χ0) is 14.7. The molecule has 0 fully saturated rings. The lowest BCUT2D eigenvalue weighted by Gasteiger charge is -2.13. The Hall–Kier alpha value is -0.790. The van der Waals surface area contributed by atoms with Crippen LogP contribution in [-0.4, -0.2) is 49.9 Å². The monoisotopic (exact) mass is 291 g/mol. The predicted octanol–water partition coefficient (Wildman–Crippen LogP) is -0.319. The average Bonchev–Trinajstić information content (AvgIpc) is 2.42. The standard InChI is InChI=1S/C12H25N3O3S/c1-9(14-7-8-19)11(16)15-6-4-3-5-10(13)12(17)18-2/h9-10,14,19H,3-8,13H2,1-2H3,(H,15,16)/t9?,10-/m0/s1. The van der Waals surface area contributed by atoms with Gasteiger partial charge in [0.1, 0.15) is 6.04 Å². The van der Waals surface area contributed by atoms with Crippen molar-refractivity contribution in [3.63, 3.8) is 0 Å². The summed E-state index contributed by atoms with van der Waals surface area (Å²) in [6.45, 7) is 3.09. The first-order chi connectivity index (χ1) is 9.02. The Kier molecular flexibility index (Phi) is 10.6. The Morgan fingerprint density at radius 3 is 2.58 bits per heavy atom. The van der Waals surface area contributed by atoms with Gasteiger partial charge in [0.05, 0.1) is 13.2 Å². The Morgan fingerprint density at radius 1 is 1.32 bits per heavy atom. The number of thiol groups is 1. The van der Waals surface area contributed by atoms with Crippen LogP contribution in [0.2, 0.25) is 0 Å². The van der Waals surface area contributed by atoms with Crippen LogP contribution in [0.1, 0.15) is 26.2 Å².